The summed E-state index contributed by atoms with van der Waals surface area (Å²) in [5.41, 5.74) is 5.10. The van der Waals surface area contributed by atoms with Crippen molar-refractivity contribution in [2.24, 2.45) is 5.84 Å². The van der Waals surface area contributed by atoms with Crippen molar-refractivity contribution in [3.63, 3.8) is 0 Å². The summed E-state index contributed by atoms with van der Waals surface area (Å²) in [6.45, 7) is 8.67. The topological polar surface area (TPSA) is 41.3 Å². The first kappa shape index (κ1) is 16.4. The summed E-state index contributed by atoms with van der Waals surface area (Å²) in [6, 6.07) is 5.03. The zero-order chi connectivity index (χ0) is 15.5. The summed E-state index contributed by atoms with van der Waals surface area (Å²) >= 11 is 0. The smallest absolute Gasteiger partial charge is 0.123 e. The third-order valence-electron chi connectivity index (χ3n) is 5.21. The van der Waals surface area contributed by atoms with E-state index in [0.717, 1.165) is 37.1 Å². The van der Waals surface area contributed by atoms with Gasteiger partial charge in [0, 0.05) is 5.54 Å². The molecule has 21 heavy (non-hydrogen) atoms. The van der Waals surface area contributed by atoms with Gasteiger partial charge in [-0.3, -0.25) is 16.2 Å². The fourth-order valence-corrected chi connectivity index (χ4v) is 3.95. The second kappa shape index (κ2) is 6.86. The number of hydrogen-bond acceptors (Lipinski definition) is 3. The first-order chi connectivity index (χ1) is 10.1. The maximum absolute atomic E-state index is 13.4. The molecule has 0 aliphatic carbocycles. The number of nitrogens with zero attached hydrogens (tertiary/aromatic N) is 1. The molecule has 0 aromatic heterocycles. The summed E-state index contributed by atoms with van der Waals surface area (Å²) in [6.07, 6.45) is 4.55. The highest BCUT2D eigenvalue weighted by molar-refractivity contribution is 5.32. The molecule has 3 N–H and O–H groups in total. The van der Waals surface area contributed by atoms with E-state index in [4.69, 9.17) is 5.84 Å². The van der Waals surface area contributed by atoms with Gasteiger partial charge in [-0.1, -0.05) is 19.9 Å². The number of nitrogens with two attached hydrogens (primary N) is 1. The van der Waals surface area contributed by atoms with Gasteiger partial charge in [0.2, 0.25) is 0 Å². The van der Waals surface area contributed by atoms with Crippen LogP contribution in [0.25, 0.3) is 0 Å². The van der Waals surface area contributed by atoms with E-state index in [2.05, 4.69) is 24.2 Å². The van der Waals surface area contributed by atoms with Crippen LogP contribution in [-0.4, -0.2) is 23.5 Å². The molecule has 1 fully saturated rings. The lowest BCUT2D eigenvalue weighted by Crippen LogP contribution is -2.56. The van der Waals surface area contributed by atoms with E-state index in [1.807, 2.05) is 13.0 Å². The summed E-state index contributed by atoms with van der Waals surface area (Å²) in [5, 5.41) is 0. The molecule has 1 atom stereocenters. The third-order valence-corrected chi connectivity index (χ3v) is 5.21. The molecule has 1 saturated heterocycles. The maximum Gasteiger partial charge on any atom is 0.123 e. The van der Waals surface area contributed by atoms with Crippen LogP contribution in [0.1, 0.15) is 56.7 Å². The van der Waals surface area contributed by atoms with Crippen molar-refractivity contribution < 1.29 is 4.39 Å². The number of halogens is 1. The van der Waals surface area contributed by atoms with Gasteiger partial charge in [-0.05, 0) is 69.0 Å². The van der Waals surface area contributed by atoms with E-state index in [9.17, 15) is 4.39 Å². The van der Waals surface area contributed by atoms with Crippen molar-refractivity contribution in [2.75, 3.05) is 13.1 Å². The van der Waals surface area contributed by atoms with Crippen LogP contribution >= 0.6 is 0 Å². The minimum absolute atomic E-state index is 0.00611. The van der Waals surface area contributed by atoms with E-state index in [1.165, 1.54) is 18.9 Å². The van der Waals surface area contributed by atoms with Crippen molar-refractivity contribution in [1.82, 2.24) is 10.3 Å². The van der Waals surface area contributed by atoms with Gasteiger partial charge in [-0.15, -0.1) is 0 Å². The number of nitrogens with one attached hydrogen (secondary N) is 1. The number of hydrogen-bond donors (Lipinski definition) is 2. The lowest BCUT2D eigenvalue weighted by atomic mass is 9.78. The number of hydrazine groups is 1. The fraction of sp³-hybridized carbons (Fsp3) is 0.647. The molecule has 3 nitrogen and oxygen atoms in total. The van der Waals surface area contributed by atoms with E-state index in [-0.39, 0.29) is 17.4 Å². The van der Waals surface area contributed by atoms with Gasteiger partial charge in [0.25, 0.3) is 0 Å². The lowest BCUT2D eigenvalue weighted by Gasteiger charge is -2.47. The molecule has 0 spiro atoms. The third kappa shape index (κ3) is 2.98. The normalized spacial score (nSPS) is 18.1. The minimum Gasteiger partial charge on any atom is -0.296 e. The molecule has 1 unspecified atom stereocenters. The molecule has 0 saturated carbocycles. The monoisotopic (exact) mass is 293 g/mol. The Bertz CT molecular complexity index is 465. The van der Waals surface area contributed by atoms with Gasteiger partial charge in [-0.2, -0.15) is 0 Å². The second-order valence-corrected chi connectivity index (χ2v) is 6.11. The summed E-state index contributed by atoms with van der Waals surface area (Å²) in [7, 11) is 0. The molecular weight excluding hydrogens is 265 g/mol. The molecule has 1 heterocycles. The molecular formula is C17H28FN3. The minimum atomic E-state index is -0.188. The molecule has 1 aromatic carbocycles. The number of rotatable bonds is 6. The van der Waals surface area contributed by atoms with Crippen LogP contribution in [0, 0.1) is 12.7 Å². The second-order valence-electron chi connectivity index (χ2n) is 6.11. The van der Waals surface area contributed by atoms with Gasteiger partial charge in [0.1, 0.15) is 5.82 Å². The van der Waals surface area contributed by atoms with E-state index in [1.54, 1.807) is 6.07 Å². The van der Waals surface area contributed by atoms with Crippen molar-refractivity contribution >= 4 is 0 Å². The predicted molar refractivity (Wildman–Crippen MR) is 85.3 cm³/mol. The maximum atomic E-state index is 13.4. The highest BCUT2D eigenvalue weighted by Crippen LogP contribution is 2.40. The van der Waals surface area contributed by atoms with E-state index in [0.29, 0.717) is 0 Å². The highest BCUT2D eigenvalue weighted by Gasteiger charge is 2.42. The molecule has 1 aliphatic heterocycles. The molecule has 2 rings (SSSR count). The average molecular weight is 293 g/mol. The van der Waals surface area contributed by atoms with Crippen LogP contribution in [0.15, 0.2) is 18.2 Å². The highest BCUT2D eigenvalue weighted by atomic mass is 19.1. The first-order valence-electron chi connectivity index (χ1n) is 8.06. The summed E-state index contributed by atoms with van der Waals surface area (Å²) in [4.78, 5) is 2.57. The molecule has 1 aromatic rings. The SMILES string of the molecule is CCC(CC)(C(NN)c1ccc(F)cc1C)N1CCCC1. The number of aryl methyl sites for hydroxylation is 1. The van der Waals surface area contributed by atoms with Gasteiger partial charge in [0.05, 0.1) is 6.04 Å². The Morgan fingerprint density at radius 1 is 1.29 bits per heavy atom. The van der Waals surface area contributed by atoms with Crippen molar-refractivity contribution in [1.29, 1.82) is 0 Å². The largest absolute Gasteiger partial charge is 0.296 e. The standard InChI is InChI=1S/C17H28FN3/c1-4-17(5-2,21-10-6-7-11-21)16(20-19)15-9-8-14(18)12-13(15)3/h8-9,12,16,20H,4-7,10-11,19H2,1-3H3. The first-order valence-corrected chi connectivity index (χ1v) is 8.06. The quantitative estimate of drug-likeness (QED) is 0.624. The van der Waals surface area contributed by atoms with Crippen LogP contribution in [0.3, 0.4) is 0 Å². The van der Waals surface area contributed by atoms with Crippen molar-refractivity contribution in [2.45, 2.75) is 58.0 Å². The van der Waals surface area contributed by atoms with Crippen LogP contribution in [0.2, 0.25) is 0 Å². The van der Waals surface area contributed by atoms with Crippen molar-refractivity contribution in [3.05, 3.63) is 35.1 Å². The van der Waals surface area contributed by atoms with E-state index < -0.39 is 0 Å². The Labute approximate surface area is 127 Å². The Morgan fingerprint density at radius 3 is 2.38 bits per heavy atom. The van der Waals surface area contributed by atoms with Gasteiger partial charge in [0.15, 0.2) is 0 Å². The Balaban J connectivity index is 2.44. The molecule has 118 valence electrons. The molecule has 0 radical (unpaired) electrons. The van der Waals surface area contributed by atoms with E-state index >= 15 is 0 Å². The van der Waals surface area contributed by atoms with Gasteiger partial charge in [-0.25, -0.2) is 4.39 Å². The Kier molecular flexibility index (Phi) is 5.36. The Morgan fingerprint density at radius 2 is 1.90 bits per heavy atom. The lowest BCUT2D eigenvalue weighted by molar-refractivity contribution is 0.0614. The number of likely N-dealkylation sites (tertiary alicyclic amines) is 1. The van der Waals surface area contributed by atoms with Crippen LogP contribution in [-0.2, 0) is 0 Å². The van der Waals surface area contributed by atoms with Crippen LogP contribution in [0.5, 0.6) is 0 Å². The Hall–Kier alpha value is -0.970. The zero-order valence-corrected chi connectivity index (χ0v) is 13.5. The van der Waals surface area contributed by atoms with Crippen LogP contribution < -0.4 is 11.3 Å². The fourth-order valence-electron chi connectivity index (χ4n) is 3.95. The molecule has 0 bridgehead atoms. The van der Waals surface area contributed by atoms with Gasteiger partial charge >= 0.3 is 0 Å². The van der Waals surface area contributed by atoms with Gasteiger partial charge < -0.3 is 0 Å². The molecule has 4 heteroatoms. The average Bonchev–Trinajstić information content (AvgIpc) is 3.01. The molecule has 1 aliphatic rings. The summed E-state index contributed by atoms with van der Waals surface area (Å²) < 4.78 is 13.4. The predicted octanol–water partition coefficient (Wildman–Crippen LogP) is 3.29. The van der Waals surface area contributed by atoms with Crippen molar-refractivity contribution in [3.8, 4) is 0 Å². The molecule has 0 amide bonds. The number of benzene rings is 1. The van der Waals surface area contributed by atoms with Crippen LogP contribution in [0.4, 0.5) is 4.39 Å². The summed E-state index contributed by atoms with van der Waals surface area (Å²) in [5.74, 6) is 5.76. The zero-order valence-electron chi connectivity index (χ0n) is 13.5.